The molecule has 1 fully saturated rings. The molecule has 0 bridgehead atoms. The highest BCUT2D eigenvalue weighted by Gasteiger charge is 2.32. The van der Waals surface area contributed by atoms with Gasteiger partial charge in [0.05, 0.1) is 22.9 Å². The molecule has 3 unspecified atom stereocenters. The van der Waals surface area contributed by atoms with Crippen LogP contribution in [0.15, 0.2) is 18.2 Å². The SMILES string of the molecule is CC(O)CC1CCCN1C(C)C(=O)Nc1ccc(Cl)cc1Cl. The summed E-state index contributed by atoms with van der Waals surface area (Å²) in [5, 5.41) is 13.4. The first-order chi connectivity index (χ1) is 10.4. The molecule has 1 aliphatic heterocycles. The Morgan fingerprint density at radius 1 is 1.45 bits per heavy atom. The van der Waals surface area contributed by atoms with Gasteiger partial charge in [-0.2, -0.15) is 0 Å². The highest BCUT2D eigenvalue weighted by atomic mass is 35.5. The van der Waals surface area contributed by atoms with Gasteiger partial charge in [0, 0.05) is 11.1 Å². The van der Waals surface area contributed by atoms with Gasteiger partial charge in [0.1, 0.15) is 0 Å². The van der Waals surface area contributed by atoms with E-state index >= 15 is 0 Å². The van der Waals surface area contributed by atoms with E-state index in [0.29, 0.717) is 22.2 Å². The number of aliphatic hydroxyl groups is 1. The Labute approximate surface area is 141 Å². The maximum atomic E-state index is 12.5. The summed E-state index contributed by atoms with van der Waals surface area (Å²) in [6, 6.07) is 4.99. The molecule has 1 aliphatic rings. The molecule has 122 valence electrons. The second kappa shape index (κ2) is 7.64. The molecule has 1 saturated heterocycles. The van der Waals surface area contributed by atoms with Crippen LogP contribution in [-0.4, -0.2) is 40.6 Å². The number of rotatable bonds is 5. The zero-order chi connectivity index (χ0) is 16.3. The van der Waals surface area contributed by atoms with Crippen molar-refractivity contribution in [3.8, 4) is 0 Å². The lowest BCUT2D eigenvalue weighted by Gasteiger charge is -2.30. The number of amides is 1. The van der Waals surface area contributed by atoms with E-state index in [1.807, 2.05) is 6.92 Å². The number of carbonyl (C=O) groups excluding carboxylic acids is 1. The molecule has 0 aliphatic carbocycles. The fourth-order valence-electron chi connectivity index (χ4n) is 2.99. The topological polar surface area (TPSA) is 52.6 Å². The standard InChI is InChI=1S/C16H22Cl2N2O2/c1-10(21)8-13-4-3-7-20(13)11(2)16(22)19-15-6-5-12(17)9-14(15)18/h5-6,9-11,13,21H,3-4,7-8H2,1-2H3,(H,19,22). The van der Waals surface area contributed by atoms with E-state index in [1.54, 1.807) is 25.1 Å². The first-order valence-corrected chi connectivity index (χ1v) is 8.33. The molecule has 1 aromatic carbocycles. The monoisotopic (exact) mass is 344 g/mol. The van der Waals surface area contributed by atoms with Crippen molar-refractivity contribution in [3.63, 3.8) is 0 Å². The van der Waals surface area contributed by atoms with Crippen LogP contribution in [0.5, 0.6) is 0 Å². The summed E-state index contributed by atoms with van der Waals surface area (Å²) in [7, 11) is 0. The zero-order valence-corrected chi connectivity index (χ0v) is 14.4. The quantitative estimate of drug-likeness (QED) is 0.858. The predicted octanol–water partition coefficient (Wildman–Crippen LogP) is 3.56. The summed E-state index contributed by atoms with van der Waals surface area (Å²) >= 11 is 11.9. The first-order valence-electron chi connectivity index (χ1n) is 7.58. The maximum Gasteiger partial charge on any atom is 0.241 e. The molecule has 22 heavy (non-hydrogen) atoms. The van der Waals surface area contributed by atoms with Crippen molar-refractivity contribution in [1.29, 1.82) is 0 Å². The van der Waals surface area contributed by atoms with Crippen molar-refractivity contribution in [1.82, 2.24) is 4.90 Å². The van der Waals surface area contributed by atoms with Gasteiger partial charge in [-0.25, -0.2) is 0 Å². The third kappa shape index (κ3) is 4.35. The van der Waals surface area contributed by atoms with Gasteiger partial charge in [-0.05, 0) is 57.9 Å². The Bertz CT molecular complexity index is 537. The smallest absolute Gasteiger partial charge is 0.241 e. The highest BCUT2D eigenvalue weighted by molar-refractivity contribution is 6.36. The van der Waals surface area contributed by atoms with Crippen molar-refractivity contribution >= 4 is 34.8 Å². The van der Waals surface area contributed by atoms with Crippen LogP contribution in [0.1, 0.15) is 33.1 Å². The van der Waals surface area contributed by atoms with E-state index < -0.39 is 0 Å². The number of aliphatic hydroxyl groups excluding tert-OH is 1. The van der Waals surface area contributed by atoms with Crippen LogP contribution >= 0.6 is 23.2 Å². The maximum absolute atomic E-state index is 12.5. The largest absolute Gasteiger partial charge is 0.393 e. The van der Waals surface area contributed by atoms with Gasteiger partial charge >= 0.3 is 0 Å². The fraction of sp³-hybridized carbons (Fsp3) is 0.562. The zero-order valence-electron chi connectivity index (χ0n) is 12.9. The van der Waals surface area contributed by atoms with Gasteiger partial charge in [-0.3, -0.25) is 9.69 Å². The summed E-state index contributed by atoms with van der Waals surface area (Å²) in [4.78, 5) is 14.6. The number of hydrogen-bond donors (Lipinski definition) is 2. The molecular formula is C16H22Cl2N2O2. The van der Waals surface area contributed by atoms with E-state index in [1.165, 1.54) is 0 Å². The summed E-state index contributed by atoms with van der Waals surface area (Å²) in [5.41, 5.74) is 0.564. The lowest BCUT2D eigenvalue weighted by molar-refractivity contribution is -0.121. The number of halogens is 2. The average Bonchev–Trinajstić information content (AvgIpc) is 2.88. The highest BCUT2D eigenvalue weighted by Crippen LogP contribution is 2.27. The number of carbonyl (C=O) groups is 1. The van der Waals surface area contributed by atoms with E-state index in [9.17, 15) is 9.90 Å². The molecule has 1 heterocycles. The third-order valence-corrected chi connectivity index (χ3v) is 4.65. The van der Waals surface area contributed by atoms with Crippen molar-refractivity contribution < 1.29 is 9.90 Å². The van der Waals surface area contributed by atoms with Crippen molar-refractivity contribution in [3.05, 3.63) is 28.2 Å². The number of hydrogen-bond acceptors (Lipinski definition) is 3. The van der Waals surface area contributed by atoms with Crippen LogP contribution in [0.2, 0.25) is 10.0 Å². The Hall–Kier alpha value is -0.810. The third-order valence-electron chi connectivity index (χ3n) is 4.10. The minimum absolute atomic E-state index is 0.0956. The molecular weight excluding hydrogens is 323 g/mol. The van der Waals surface area contributed by atoms with Gasteiger partial charge < -0.3 is 10.4 Å². The van der Waals surface area contributed by atoms with Crippen LogP contribution in [0, 0.1) is 0 Å². The van der Waals surface area contributed by atoms with Gasteiger partial charge in [0.25, 0.3) is 0 Å². The molecule has 2 N–H and O–H groups in total. The van der Waals surface area contributed by atoms with Crippen LogP contribution in [0.4, 0.5) is 5.69 Å². The van der Waals surface area contributed by atoms with Gasteiger partial charge in [-0.1, -0.05) is 23.2 Å². The second-order valence-electron chi connectivity index (χ2n) is 5.91. The van der Waals surface area contributed by atoms with E-state index in [0.717, 1.165) is 19.4 Å². The van der Waals surface area contributed by atoms with Gasteiger partial charge in [-0.15, -0.1) is 0 Å². The van der Waals surface area contributed by atoms with Crippen LogP contribution < -0.4 is 5.32 Å². The molecule has 1 aromatic rings. The number of nitrogens with zero attached hydrogens (tertiary/aromatic N) is 1. The van der Waals surface area contributed by atoms with Crippen molar-refractivity contribution in [2.75, 3.05) is 11.9 Å². The molecule has 2 rings (SSSR count). The summed E-state index contributed by atoms with van der Waals surface area (Å²) in [6.07, 6.45) is 2.41. The lowest BCUT2D eigenvalue weighted by Crippen LogP contribution is -2.45. The number of benzene rings is 1. The van der Waals surface area contributed by atoms with Gasteiger partial charge in [0.2, 0.25) is 5.91 Å². The summed E-state index contributed by atoms with van der Waals surface area (Å²) in [5.74, 6) is -0.0956. The van der Waals surface area contributed by atoms with E-state index in [2.05, 4.69) is 10.2 Å². The minimum atomic E-state index is -0.355. The average molecular weight is 345 g/mol. The van der Waals surface area contributed by atoms with Crippen molar-refractivity contribution in [2.24, 2.45) is 0 Å². The van der Waals surface area contributed by atoms with Crippen LogP contribution in [-0.2, 0) is 4.79 Å². The second-order valence-corrected chi connectivity index (χ2v) is 6.75. The molecule has 4 nitrogen and oxygen atoms in total. The summed E-state index contributed by atoms with van der Waals surface area (Å²) in [6.45, 7) is 4.55. The minimum Gasteiger partial charge on any atom is -0.393 e. The summed E-state index contributed by atoms with van der Waals surface area (Å²) < 4.78 is 0. The molecule has 6 heteroatoms. The number of likely N-dealkylation sites (tertiary alicyclic amines) is 1. The van der Waals surface area contributed by atoms with Crippen molar-refractivity contribution in [2.45, 2.75) is 51.3 Å². The van der Waals surface area contributed by atoms with Crippen LogP contribution in [0.3, 0.4) is 0 Å². The predicted molar refractivity (Wildman–Crippen MR) is 90.6 cm³/mol. The molecule has 0 saturated carbocycles. The molecule has 3 atom stereocenters. The van der Waals surface area contributed by atoms with E-state index in [-0.39, 0.29) is 24.1 Å². The number of anilines is 1. The number of nitrogens with one attached hydrogen (secondary N) is 1. The lowest BCUT2D eigenvalue weighted by atomic mass is 10.1. The normalized spacial score (nSPS) is 21.6. The molecule has 0 spiro atoms. The Morgan fingerprint density at radius 2 is 2.18 bits per heavy atom. The Morgan fingerprint density at radius 3 is 2.82 bits per heavy atom. The molecule has 0 aromatic heterocycles. The Balaban J connectivity index is 2.02. The van der Waals surface area contributed by atoms with E-state index in [4.69, 9.17) is 23.2 Å². The Kier molecular flexibility index (Phi) is 6.09. The molecule has 0 radical (unpaired) electrons. The van der Waals surface area contributed by atoms with Crippen LogP contribution in [0.25, 0.3) is 0 Å². The van der Waals surface area contributed by atoms with Gasteiger partial charge in [0.15, 0.2) is 0 Å². The fourth-order valence-corrected chi connectivity index (χ4v) is 3.45. The molecule has 1 amide bonds. The first kappa shape index (κ1) is 17.5.